The maximum Gasteiger partial charge on any atom is 0.252 e. The average Bonchev–Trinajstić information content (AvgIpc) is 2.56. The van der Waals surface area contributed by atoms with E-state index in [1.165, 1.54) is 6.07 Å². The smallest absolute Gasteiger partial charge is 0.252 e. The van der Waals surface area contributed by atoms with Crippen LogP contribution in [0.2, 0.25) is 0 Å². The van der Waals surface area contributed by atoms with Crippen molar-refractivity contribution in [1.29, 1.82) is 0 Å². The highest BCUT2D eigenvalue weighted by Gasteiger charge is 2.26. The van der Waals surface area contributed by atoms with Gasteiger partial charge in [-0.2, -0.15) is 0 Å². The minimum atomic E-state index is -0.378. The molecule has 1 aliphatic heterocycles. The minimum Gasteiger partial charge on any atom is -0.326 e. The van der Waals surface area contributed by atoms with Crippen LogP contribution in [0, 0.1) is 5.82 Å². The van der Waals surface area contributed by atoms with Crippen molar-refractivity contribution in [2.45, 2.75) is 18.9 Å². The summed E-state index contributed by atoms with van der Waals surface area (Å²) in [7, 11) is 0. The molecule has 1 N–H and O–H groups in total. The second-order valence-electron chi connectivity index (χ2n) is 3.38. The number of aromatic nitrogens is 1. The first-order valence-corrected chi connectivity index (χ1v) is 5.45. The summed E-state index contributed by atoms with van der Waals surface area (Å²) in [6.07, 6.45) is 3.08. The summed E-state index contributed by atoms with van der Waals surface area (Å²) in [6, 6.07) is 1.40. The molecule has 1 aliphatic rings. The maximum absolute atomic E-state index is 12.9. The Labute approximate surface area is 94.8 Å². The normalized spacial score (nSPS) is 22.9. The van der Waals surface area contributed by atoms with Crippen LogP contribution in [-0.2, 0) is 0 Å². The molecule has 1 aromatic heterocycles. The highest BCUT2D eigenvalue weighted by Crippen LogP contribution is 2.32. The van der Waals surface area contributed by atoms with Crippen LogP contribution >= 0.6 is 22.9 Å². The molecule has 1 saturated heterocycles. The van der Waals surface area contributed by atoms with Crippen LogP contribution in [0.1, 0.15) is 24.4 Å². The summed E-state index contributed by atoms with van der Waals surface area (Å²) in [5.74, 6) is -0.378. The number of halogens is 2. The van der Waals surface area contributed by atoms with E-state index in [2.05, 4.69) is 31.0 Å². The van der Waals surface area contributed by atoms with E-state index >= 15 is 0 Å². The van der Waals surface area contributed by atoms with Gasteiger partial charge in [0.1, 0.15) is 5.82 Å². The molecule has 2 heterocycles. The number of hydrogen-bond donors (Lipinski definition) is 1. The number of nitrogens with zero attached hydrogens (tertiary/aromatic N) is 1. The fraction of sp³-hybridized carbons (Fsp3) is 0.444. The first kappa shape index (κ1) is 10.1. The molecule has 0 aromatic carbocycles. The van der Waals surface area contributed by atoms with Gasteiger partial charge in [0.05, 0.1) is 0 Å². The molecule has 76 valence electrons. The van der Waals surface area contributed by atoms with Crippen LogP contribution in [0.15, 0.2) is 17.1 Å². The Balaban J connectivity index is 2.40. The molecule has 3 nitrogen and oxygen atoms in total. The zero-order chi connectivity index (χ0) is 10.1. The van der Waals surface area contributed by atoms with Crippen molar-refractivity contribution in [2.75, 3.05) is 6.54 Å². The van der Waals surface area contributed by atoms with Crippen LogP contribution in [0.25, 0.3) is 0 Å². The van der Waals surface area contributed by atoms with Gasteiger partial charge in [0.15, 0.2) is 0 Å². The van der Waals surface area contributed by atoms with Crippen LogP contribution in [-0.4, -0.2) is 14.6 Å². The van der Waals surface area contributed by atoms with Crippen molar-refractivity contribution >= 4 is 22.9 Å². The molecule has 1 unspecified atom stereocenters. The minimum absolute atomic E-state index is 0.0649. The van der Waals surface area contributed by atoms with Crippen LogP contribution in [0.3, 0.4) is 0 Å². The molecule has 0 bridgehead atoms. The zero-order valence-electron chi connectivity index (χ0n) is 7.46. The van der Waals surface area contributed by atoms with Gasteiger partial charge in [0, 0.05) is 47.2 Å². The Hall–Kier alpha value is -0.430. The third-order valence-electron chi connectivity index (χ3n) is 2.44. The van der Waals surface area contributed by atoms with Crippen molar-refractivity contribution < 1.29 is 4.39 Å². The van der Waals surface area contributed by atoms with Crippen LogP contribution in [0.4, 0.5) is 4.39 Å². The Morgan fingerprint density at radius 3 is 3.07 bits per heavy atom. The first-order chi connectivity index (χ1) is 6.68. The molecule has 1 atom stereocenters. The Bertz CT molecular complexity index is 393. The lowest BCUT2D eigenvalue weighted by atomic mass is 10.1. The molecule has 5 heteroatoms. The number of nitrogens with one attached hydrogen (secondary N) is 1. The second-order valence-corrected chi connectivity index (χ2v) is 4.62. The molecular formula is C9H10FIN2O. The van der Waals surface area contributed by atoms with Crippen molar-refractivity contribution in [3.05, 3.63) is 34.0 Å². The molecule has 0 saturated carbocycles. The van der Waals surface area contributed by atoms with Crippen LogP contribution < -0.4 is 5.56 Å². The lowest BCUT2D eigenvalue weighted by Gasteiger charge is -2.16. The van der Waals surface area contributed by atoms with E-state index in [9.17, 15) is 9.18 Å². The summed E-state index contributed by atoms with van der Waals surface area (Å²) in [4.78, 5) is 13.9. The van der Waals surface area contributed by atoms with Crippen molar-refractivity contribution in [3.8, 4) is 0 Å². The fourth-order valence-electron chi connectivity index (χ4n) is 1.76. The highest BCUT2D eigenvalue weighted by atomic mass is 127. The summed E-state index contributed by atoms with van der Waals surface area (Å²) in [5.41, 5.74) is 0.358. The van der Waals surface area contributed by atoms with E-state index in [1.54, 1.807) is 0 Å². The van der Waals surface area contributed by atoms with E-state index in [0.717, 1.165) is 25.6 Å². The predicted octanol–water partition coefficient (Wildman–Crippen LogP) is 2.00. The Morgan fingerprint density at radius 1 is 1.64 bits per heavy atom. The molecule has 0 spiro atoms. The topological polar surface area (TPSA) is 36.1 Å². The third kappa shape index (κ3) is 1.83. The molecular weight excluding hydrogens is 298 g/mol. The third-order valence-corrected chi connectivity index (χ3v) is 3.60. The highest BCUT2D eigenvalue weighted by molar-refractivity contribution is 14.1. The fourth-order valence-corrected chi connectivity index (χ4v) is 2.68. The van der Waals surface area contributed by atoms with E-state index in [1.807, 2.05) is 0 Å². The van der Waals surface area contributed by atoms with Gasteiger partial charge < -0.3 is 4.98 Å². The lowest BCUT2D eigenvalue weighted by molar-refractivity contribution is 0.480. The SMILES string of the molecule is O=c1[nH]cc(F)cc1C1CCCN1I. The predicted molar refractivity (Wildman–Crippen MR) is 59.7 cm³/mol. The van der Waals surface area contributed by atoms with Gasteiger partial charge >= 0.3 is 0 Å². The first-order valence-electron chi connectivity index (χ1n) is 4.49. The van der Waals surface area contributed by atoms with E-state index in [0.29, 0.717) is 5.56 Å². The number of hydrogen-bond acceptors (Lipinski definition) is 2. The number of H-pyrrole nitrogens is 1. The number of rotatable bonds is 1. The van der Waals surface area contributed by atoms with Gasteiger partial charge in [-0.1, -0.05) is 0 Å². The summed E-state index contributed by atoms with van der Waals surface area (Å²) in [6.45, 7) is 0.960. The standard InChI is InChI=1S/C9H10FIN2O/c10-6-4-7(9(14)12-5-6)8-2-1-3-13(8)11/h4-5,8H,1-3H2,(H,12,14). The molecule has 2 rings (SSSR count). The Kier molecular flexibility index (Phi) is 2.87. The van der Waals surface area contributed by atoms with Gasteiger partial charge in [0.25, 0.3) is 5.56 Å². The quantitative estimate of drug-likeness (QED) is 0.636. The number of aromatic amines is 1. The maximum atomic E-state index is 12.9. The molecule has 14 heavy (non-hydrogen) atoms. The zero-order valence-corrected chi connectivity index (χ0v) is 9.62. The van der Waals surface area contributed by atoms with E-state index < -0.39 is 0 Å². The largest absolute Gasteiger partial charge is 0.326 e. The van der Waals surface area contributed by atoms with Gasteiger partial charge in [-0.3, -0.25) is 4.79 Å². The summed E-state index contributed by atoms with van der Waals surface area (Å²) >= 11 is 2.18. The van der Waals surface area contributed by atoms with Gasteiger partial charge in [-0.05, 0) is 18.9 Å². The lowest BCUT2D eigenvalue weighted by Crippen LogP contribution is -2.21. The molecule has 1 fully saturated rings. The van der Waals surface area contributed by atoms with Gasteiger partial charge in [-0.15, -0.1) is 0 Å². The molecule has 0 aliphatic carbocycles. The molecule has 0 amide bonds. The summed E-state index contributed by atoms with van der Waals surface area (Å²) in [5, 5.41) is 0. The number of pyridine rings is 1. The Morgan fingerprint density at radius 2 is 2.43 bits per heavy atom. The van der Waals surface area contributed by atoms with Crippen molar-refractivity contribution in [2.24, 2.45) is 0 Å². The summed E-state index contributed by atoms with van der Waals surface area (Å²) < 4.78 is 15.0. The van der Waals surface area contributed by atoms with Crippen LogP contribution in [0.5, 0.6) is 0 Å². The molecule has 0 radical (unpaired) electrons. The van der Waals surface area contributed by atoms with Crippen molar-refractivity contribution in [3.63, 3.8) is 0 Å². The van der Waals surface area contributed by atoms with Gasteiger partial charge in [-0.25, -0.2) is 7.50 Å². The monoisotopic (exact) mass is 308 g/mol. The van der Waals surface area contributed by atoms with E-state index in [-0.39, 0.29) is 17.4 Å². The van der Waals surface area contributed by atoms with E-state index in [4.69, 9.17) is 0 Å². The average molecular weight is 308 g/mol. The van der Waals surface area contributed by atoms with Crippen molar-refractivity contribution in [1.82, 2.24) is 8.10 Å². The second kappa shape index (κ2) is 3.98. The molecule has 1 aromatic rings. The van der Waals surface area contributed by atoms with Gasteiger partial charge in [0.2, 0.25) is 0 Å².